The quantitative estimate of drug-likeness (QED) is 0.748. The lowest BCUT2D eigenvalue weighted by Crippen LogP contribution is -2.44. The predicted octanol–water partition coefficient (Wildman–Crippen LogP) is 3.60. The molecule has 4 rings (SSSR count). The van der Waals surface area contributed by atoms with Gasteiger partial charge in [0.15, 0.2) is 5.82 Å². The third-order valence-corrected chi connectivity index (χ3v) is 6.29. The van der Waals surface area contributed by atoms with Gasteiger partial charge in [0.1, 0.15) is 0 Å². The summed E-state index contributed by atoms with van der Waals surface area (Å²) in [6.45, 7) is 2.24. The molecule has 0 unspecified atom stereocenters. The van der Waals surface area contributed by atoms with E-state index < -0.39 is 17.4 Å². The molecule has 2 heterocycles. The van der Waals surface area contributed by atoms with Crippen molar-refractivity contribution in [1.29, 1.82) is 5.26 Å². The van der Waals surface area contributed by atoms with Crippen LogP contribution in [-0.2, 0) is 29.5 Å². The lowest BCUT2D eigenvalue weighted by molar-refractivity contribution is -0.148. The molecule has 0 N–H and O–H groups in total. The molecule has 30 heavy (non-hydrogen) atoms. The van der Waals surface area contributed by atoms with E-state index in [0.29, 0.717) is 25.7 Å². The zero-order valence-corrected chi connectivity index (χ0v) is 16.6. The summed E-state index contributed by atoms with van der Waals surface area (Å²) in [6.07, 6.45) is -2.22. The molecule has 1 aromatic carbocycles. The number of halogens is 3. The van der Waals surface area contributed by atoms with E-state index >= 15 is 0 Å². The molecule has 0 saturated heterocycles. The minimum absolute atomic E-state index is 0.0275. The largest absolute Gasteiger partial charge is 0.451 e. The first-order valence-electron chi connectivity index (χ1n) is 10.00. The normalized spacial score (nSPS) is 24.2. The molecule has 1 aliphatic carbocycles. The Hall–Kier alpha value is -2.89. The van der Waals surface area contributed by atoms with Crippen molar-refractivity contribution in [3.8, 4) is 6.07 Å². The number of benzene rings is 1. The number of hydrogen-bond acceptors (Lipinski definition) is 4. The number of rotatable bonds is 2. The van der Waals surface area contributed by atoms with E-state index in [-0.39, 0.29) is 37.3 Å². The Bertz CT molecular complexity index is 999. The minimum atomic E-state index is -4.56. The number of amides is 1. The van der Waals surface area contributed by atoms with E-state index in [1.165, 1.54) is 0 Å². The monoisotopic (exact) mass is 417 g/mol. The van der Waals surface area contributed by atoms with Gasteiger partial charge in [-0.1, -0.05) is 29.8 Å². The first kappa shape index (κ1) is 20.4. The van der Waals surface area contributed by atoms with Crippen molar-refractivity contribution in [2.24, 2.45) is 5.92 Å². The molecule has 0 spiro atoms. The molecule has 1 aromatic heterocycles. The molecule has 1 saturated carbocycles. The molecule has 2 aliphatic rings. The van der Waals surface area contributed by atoms with Crippen LogP contribution >= 0.6 is 0 Å². The smallest absolute Gasteiger partial charge is 0.333 e. The summed E-state index contributed by atoms with van der Waals surface area (Å²) < 4.78 is 40.0. The van der Waals surface area contributed by atoms with Crippen LogP contribution < -0.4 is 0 Å². The van der Waals surface area contributed by atoms with Crippen molar-refractivity contribution in [2.45, 2.75) is 57.3 Å². The molecule has 1 aliphatic heterocycles. The molecule has 2 aromatic rings. The number of hydrogen-bond donors (Lipinski definition) is 0. The maximum absolute atomic E-state index is 13.0. The Morgan fingerprint density at radius 1 is 1.23 bits per heavy atom. The van der Waals surface area contributed by atoms with Crippen molar-refractivity contribution in [3.63, 3.8) is 0 Å². The Kier molecular flexibility index (Phi) is 5.04. The standard InChI is InChI=1S/C21H22F3N5O/c1-14-3-2-4-16(11-14)20(13-25)7-5-15(6-8-20)18(30)28-9-10-29-17(12-28)26-27-19(29)21(22,23)24/h2-4,11,15H,5-10,12H2,1H3. The van der Waals surface area contributed by atoms with E-state index in [2.05, 4.69) is 16.3 Å². The van der Waals surface area contributed by atoms with Crippen molar-refractivity contribution in [1.82, 2.24) is 19.7 Å². The number of alkyl halides is 3. The second-order valence-corrected chi connectivity index (χ2v) is 8.19. The van der Waals surface area contributed by atoms with Gasteiger partial charge in [-0.15, -0.1) is 10.2 Å². The van der Waals surface area contributed by atoms with Gasteiger partial charge in [-0.05, 0) is 38.2 Å². The van der Waals surface area contributed by atoms with Gasteiger partial charge in [0, 0.05) is 19.0 Å². The van der Waals surface area contributed by atoms with Gasteiger partial charge in [0.05, 0.1) is 18.0 Å². The number of fused-ring (bicyclic) bond motifs is 1. The van der Waals surface area contributed by atoms with Crippen LogP contribution in [0.3, 0.4) is 0 Å². The van der Waals surface area contributed by atoms with E-state index in [1.54, 1.807) is 4.90 Å². The molecule has 6 nitrogen and oxygen atoms in total. The second-order valence-electron chi connectivity index (χ2n) is 8.19. The van der Waals surface area contributed by atoms with Crippen molar-refractivity contribution in [2.75, 3.05) is 6.54 Å². The fraction of sp³-hybridized carbons (Fsp3) is 0.524. The number of aryl methyl sites for hydroxylation is 1. The van der Waals surface area contributed by atoms with Gasteiger partial charge in [0.2, 0.25) is 11.7 Å². The average molecular weight is 417 g/mol. The van der Waals surface area contributed by atoms with Gasteiger partial charge < -0.3 is 9.47 Å². The highest BCUT2D eigenvalue weighted by Gasteiger charge is 2.42. The minimum Gasteiger partial charge on any atom is -0.333 e. The van der Waals surface area contributed by atoms with E-state index in [9.17, 15) is 23.2 Å². The molecule has 9 heteroatoms. The second kappa shape index (κ2) is 7.42. The van der Waals surface area contributed by atoms with E-state index in [1.807, 2.05) is 31.2 Å². The number of carbonyl (C=O) groups excluding carboxylic acids is 1. The maximum atomic E-state index is 13.0. The highest BCUT2D eigenvalue weighted by Crippen LogP contribution is 2.42. The van der Waals surface area contributed by atoms with Crippen LogP contribution in [0.4, 0.5) is 13.2 Å². The average Bonchev–Trinajstić information content (AvgIpc) is 3.17. The third kappa shape index (κ3) is 3.55. The van der Waals surface area contributed by atoms with Crippen LogP contribution in [0.2, 0.25) is 0 Å². The fourth-order valence-corrected chi connectivity index (χ4v) is 4.58. The topological polar surface area (TPSA) is 74.8 Å². The summed E-state index contributed by atoms with van der Waals surface area (Å²) >= 11 is 0. The summed E-state index contributed by atoms with van der Waals surface area (Å²) in [5.41, 5.74) is 1.49. The Morgan fingerprint density at radius 2 is 1.97 bits per heavy atom. The summed E-state index contributed by atoms with van der Waals surface area (Å²) in [7, 11) is 0. The zero-order chi connectivity index (χ0) is 21.5. The van der Waals surface area contributed by atoms with Crippen molar-refractivity contribution < 1.29 is 18.0 Å². The number of carbonyl (C=O) groups is 1. The summed E-state index contributed by atoms with van der Waals surface area (Å²) in [4.78, 5) is 14.6. The van der Waals surface area contributed by atoms with Crippen LogP contribution in [0.5, 0.6) is 0 Å². The molecule has 0 atom stereocenters. The highest BCUT2D eigenvalue weighted by molar-refractivity contribution is 5.79. The van der Waals surface area contributed by atoms with Crippen LogP contribution in [0.25, 0.3) is 0 Å². The van der Waals surface area contributed by atoms with Gasteiger partial charge in [-0.25, -0.2) is 0 Å². The lowest BCUT2D eigenvalue weighted by atomic mass is 9.67. The maximum Gasteiger partial charge on any atom is 0.451 e. The van der Waals surface area contributed by atoms with E-state index in [4.69, 9.17) is 0 Å². The highest BCUT2D eigenvalue weighted by atomic mass is 19.4. The van der Waals surface area contributed by atoms with Crippen LogP contribution in [0, 0.1) is 24.2 Å². The number of nitriles is 1. The van der Waals surface area contributed by atoms with E-state index in [0.717, 1.165) is 15.7 Å². The summed E-state index contributed by atoms with van der Waals surface area (Å²) in [5.74, 6) is -1.16. The Labute approximate surface area is 172 Å². The molecule has 0 bridgehead atoms. The molecule has 1 fully saturated rings. The van der Waals surface area contributed by atoms with Gasteiger partial charge in [0.25, 0.3) is 0 Å². The molecular weight excluding hydrogens is 395 g/mol. The van der Waals surface area contributed by atoms with Gasteiger partial charge in [-0.3, -0.25) is 4.79 Å². The van der Waals surface area contributed by atoms with Crippen LogP contribution in [-0.4, -0.2) is 32.1 Å². The number of aromatic nitrogens is 3. The summed E-state index contributed by atoms with van der Waals surface area (Å²) in [6, 6.07) is 10.4. The van der Waals surface area contributed by atoms with Crippen molar-refractivity contribution >= 4 is 5.91 Å². The third-order valence-electron chi connectivity index (χ3n) is 6.29. The number of nitrogens with zero attached hydrogens (tertiary/aromatic N) is 5. The molecular formula is C21H22F3N5O. The molecule has 158 valence electrons. The predicted molar refractivity (Wildman–Crippen MR) is 101 cm³/mol. The first-order valence-corrected chi connectivity index (χ1v) is 10.00. The van der Waals surface area contributed by atoms with Crippen LogP contribution in [0.1, 0.15) is 48.5 Å². The lowest BCUT2D eigenvalue weighted by Gasteiger charge is -2.37. The fourth-order valence-electron chi connectivity index (χ4n) is 4.58. The van der Waals surface area contributed by atoms with Crippen molar-refractivity contribution in [3.05, 3.63) is 47.0 Å². The first-order chi connectivity index (χ1) is 14.2. The molecule has 1 amide bonds. The Morgan fingerprint density at radius 3 is 2.60 bits per heavy atom. The van der Waals surface area contributed by atoms with Gasteiger partial charge >= 0.3 is 6.18 Å². The van der Waals surface area contributed by atoms with Gasteiger partial charge in [-0.2, -0.15) is 18.4 Å². The summed E-state index contributed by atoms with van der Waals surface area (Å²) in [5, 5.41) is 16.8. The Balaban J connectivity index is 1.44. The zero-order valence-electron chi connectivity index (χ0n) is 16.6. The molecule has 0 radical (unpaired) electrons. The van der Waals surface area contributed by atoms with Crippen LogP contribution in [0.15, 0.2) is 24.3 Å². The SMILES string of the molecule is Cc1cccc(C2(C#N)CCC(C(=O)N3CCn4c(nnc4C(F)(F)F)C3)CC2)c1.